The first-order valence-corrected chi connectivity index (χ1v) is 12.7. The second-order valence-corrected chi connectivity index (χ2v) is 13.4. The third kappa shape index (κ3) is 4.05. The molecule has 2 nitrogen and oxygen atoms in total. The first-order valence-electron chi connectivity index (χ1n) is 10.8. The Bertz CT molecular complexity index is 812. The topological polar surface area (TPSA) is 18.5 Å². The monoisotopic (exact) mass is 404 g/mol. The van der Waals surface area contributed by atoms with E-state index in [9.17, 15) is 0 Å². The predicted octanol–water partition coefficient (Wildman–Crippen LogP) is 5.00. The minimum absolute atomic E-state index is 0.0110. The number of hydrogen-bond donors (Lipinski definition) is 0. The molecule has 4 rings (SSSR count). The van der Waals surface area contributed by atoms with E-state index in [0.29, 0.717) is 0 Å². The quantitative estimate of drug-likeness (QED) is 0.528. The predicted molar refractivity (Wildman–Crippen MR) is 123 cm³/mol. The second-order valence-electron chi connectivity index (χ2n) is 9.13. The summed E-state index contributed by atoms with van der Waals surface area (Å²) < 4.78 is 13.7. The Kier molecular flexibility index (Phi) is 5.91. The van der Waals surface area contributed by atoms with Crippen molar-refractivity contribution in [2.24, 2.45) is 0 Å². The summed E-state index contributed by atoms with van der Waals surface area (Å²) in [6.07, 6.45) is 12.3. The lowest BCUT2D eigenvalue weighted by molar-refractivity contribution is -0.0134. The highest BCUT2D eigenvalue weighted by Crippen LogP contribution is 2.39. The van der Waals surface area contributed by atoms with Gasteiger partial charge < -0.3 is 9.16 Å². The summed E-state index contributed by atoms with van der Waals surface area (Å²) in [7, 11) is -2.58. The lowest BCUT2D eigenvalue weighted by atomic mass is 10.1. The van der Waals surface area contributed by atoms with Crippen molar-refractivity contribution in [2.45, 2.75) is 63.4 Å². The summed E-state index contributed by atoms with van der Waals surface area (Å²) in [5.74, 6) is 0. The van der Waals surface area contributed by atoms with Crippen LogP contribution in [0.1, 0.15) is 40.0 Å². The molecule has 3 heteroatoms. The molecule has 0 aromatic heterocycles. The fourth-order valence-electron chi connectivity index (χ4n) is 4.68. The number of hydrogen-bond acceptors (Lipinski definition) is 2. The van der Waals surface area contributed by atoms with Crippen molar-refractivity contribution in [3.8, 4) is 0 Å². The van der Waals surface area contributed by atoms with Crippen LogP contribution in [-0.2, 0) is 9.16 Å². The molecule has 2 aliphatic rings. The van der Waals surface area contributed by atoms with Crippen LogP contribution in [0.3, 0.4) is 0 Å². The van der Waals surface area contributed by atoms with Gasteiger partial charge in [0, 0.05) is 0 Å². The maximum absolute atomic E-state index is 7.35. The molecule has 0 fully saturated rings. The molecule has 0 spiro atoms. The van der Waals surface area contributed by atoms with Crippen LogP contribution in [0.5, 0.6) is 0 Å². The maximum atomic E-state index is 7.35. The summed E-state index contributed by atoms with van der Waals surface area (Å²) in [6, 6.07) is 21.8. The zero-order valence-electron chi connectivity index (χ0n) is 17.8. The fraction of sp³-hybridized carbons (Fsp3) is 0.385. The van der Waals surface area contributed by atoms with Crippen LogP contribution in [-0.4, -0.2) is 26.6 Å². The van der Waals surface area contributed by atoms with Crippen molar-refractivity contribution in [3.63, 3.8) is 0 Å². The van der Waals surface area contributed by atoms with E-state index >= 15 is 0 Å². The molecular formula is C26H32O2Si. The van der Waals surface area contributed by atoms with Gasteiger partial charge in [-0.25, -0.2) is 0 Å². The van der Waals surface area contributed by atoms with E-state index in [4.69, 9.17) is 9.16 Å². The number of rotatable bonds is 4. The zero-order valence-corrected chi connectivity index (χ0v) is 18.8. The van der Waals surface area contributed by atoms with Gasteiger partial charge in [0.15, 0.2) is 0 Å². The van der Waals surface area contributed by atoms with E-state index < -0.39 is 8.32 Å². The van der Waals surface area contributed by atoms with Crippen LogP contribution in [0.25, 0.3) is 0 Å². The van der Waals surface area contributed by atoms with Crippen molar-refractivity contribution >= 4 is 18.7 Å². The summed E-state index contributed by atoms with van der Waals surface area (Å²) in [5, 5.41) is 2.61. The van der Waals surface area contributed by atoms with Crippen LogP contribution < -0.4 is 10.4 Å². The lowest BCUT2D eigenvalue weighted by Gasteiger charge is -2.46. The molecule has 2 heterocycles. The molecule has 2 aliphatic heterocycles. The Morgan fingerprint density at radius 2 is 1.48 bits per heavy atom. The first-order chi connectivity index (χ1) is 14.0. The van der Waals surface area contributed by atoms with Crippen molar-refractivity contribution in [1.82, 2.24) is 0 Å². The van der Waals surface area contributed by atoms with Gasteiger partial charge in [-0.3, -0.25) is 0 Å². The van der Waals surface area contributed by atoms with E-state index in [1.54, 1.807) is 0 Å². The van der Waals surface area contributed by atoms with Gasteiger partial charge in [0.1, 0.15) is 6.10 Å². The molecule has 152 valence electrons. The maximum Gasteiger partial charge on any atom is 0.261 e. The highest BCUT2D eigenvalue weighted by atomic mass is 28.4. The van der Waals surface area contributed by atoms with E-state index in [1.807, 2.05) is 0 Å². The third-order valence-corrected chi connectivity index (χ3v) is 11.2. The van der Waals surface area contributed by atoms with E-state index in [1.165, 1.54) is 10.4 Å². The SMILES string of the molecule is CC(C)(C)[Si](O[C@H]1C/C=C\CC[C@@H]2C=C[C@H]1O2)(c1ccccc1)c1ccccc1. The molecule has 0 aliphatic carbocycles. The minimum atomic E-state index is -2.58. The number of ether oxygens (including phenoxy) is 1. The molecule has 0 unspecified atom stereocenters. The second kappa shape index (κ2) is 8.43. The van der Waals surface area contributed by atoms with Gasteiger partial charge in [0.05, 0.1) is 12.2 Å². The standard InChI is InChI=1S/C26H32O2Si/c1-26(2,3)29(22-14-8-5-9-15-22,23-16-10-6-11-17-23)28-25-18-12-4-7-13-21-19-20-24(25)27-21/h4-6,8-12,14-17,19-21,24-25H,7,13,18H2,1-3H3/b12-4-/t21-,24-,25+/m1/s1. The molecule has 0 saturated heterocycles. The molecule has 2 aromatic rings. The summed E-state index contributed by atoms with van der Waals surface area (Å²) in [5.41, 5.74) is 0. The van der Waals surface area contributed by atoms with Gasteiger partial charge in [0.2, 0.25) is 0 Å². The third-order valence-electron chi connectivity index (χ3n) is 6.11. The summed E-state index contributed by atoms with van der Waals surface area (Å²) in [4.78, 5) is 0. The van der Waals surface area contributed by atoms with Gasteiger partial charge >= 0.3 is 0 Å². The molecule has 2 bridgehead atoms. The summed E-state index contributed by atoms with van der Waals surface area (Å²) >= 11 is 0. The molecule has 3 atom stereocenters. The molecule has 0 radical (unpaired) electrons. The smallest absolute Gasteiger partial charge is 0.261 e. The normalized spacial score (nSPS) is 25.8. The van der Waals surface area contributed by atoms with Gasteiger partial charge in [-0.05, 0) is 34.7 Å². The van der Waals surface area contributed by atoms with Gasteiger partial charge in [-0.2, -0.15) is 0 Å². The van der Waals surface area contributed by atoms with Crippen molar-refractivity contribution in [1.29, 1.82) is 0 Å². The van der Waals surface area contributed by atoms with Crippen molar-refractivity contribution in [2.75, 3.05) is 0 Å². The Hall–Kier alpha value is -1.94. The lowest BCUT2D eigenvalue weighted by Crippen LogP contribution is -2.68. The Morgan fingerprint density at radius 3 is 2.07 bits per heavy atom. The van der Waals surface area contributed by atoms with Crippen LogP contribution >= 0.6 is 0 Å². The number of allylic oxidation sites excluding steroid dienone is 1. The Labute approximate surface area is 176 Å². The zero-order chi connectivity index (χ0) is 20.3. The minimum Gasteiger partial charge on any atom is -0.401 e. The van der Waals surface area contributed by atoms with E-state index in [2.05, 4.69) is 106 Å². The van der Waals surface area contributed by atoms with Crippen molar-refractivity contribution < 1.29 is 9.16 Å². The highest BCUT2D eigenvalue weighted by Gasteiger charge is 2.52. The highest BCUT2D eigenvalue weighted by molar-refractivity contribution is 6.99. The molecular weight excluding hydrogens is 372 g/mol. The van der Waals surface area contributed by atoms with Crippen LogP contribution in [0.15, 0.2) is 85.0 Å². The van der Waals surface area contributed by atoms with Crippen LogP contribution in [0.2, 0.25) is 5.04 Å². The van der Waals surface area contributed by atoms with Gasteiger partial charge in [-0.1, -0.05) is 106 Å². The summed E-state index contributed by atoms with van der Waals surface area (Å²) in [6.45, 7) is 7.00. The van der Waals surface area contributed by atoms with E-state index in [0.717, 1.165) is 19.3 Å². The van der Waals surface area contributed by atoms with Gasteiger partial charge in [0.25, 0.3) is 8.32 Å². The van der Waals surface area contributed by atoms with Crippen LogP contribution in [0.4, 0.5) is 0 Å². The first kappa shape index (κ1) is 20.3. The van der Waals surface area contributed by atoms with Gasteiger partial charge in [-0.15, -0.1) is 0 Å². The molecule has 0 amide bonds. The molecule has 2 aromatic carbocycles. The molecule has 0 saturated carbocycles. The van der Waals surface area contributed by atoms with E-state index in [-0.39, 0.29) is 23.4 Å². The van der Waals surface area contributed by atoms with Crippen molar-refractivity contribution in [3.05, 3.63) is 85.0 Å². The van der Waals surface area contributed by atoms with Crippen LogP contribution in [0, 0.1) is 0 Å². The Balaban J connectivity index is 1.83. The average Bonchev–Trinajstić information content (AvgIpc) is 3.22. The average molecular weight is 405 g/mol. The largest absolute Gasteiger partial charge is 0.401 e. The fourth-order valence-corrected chi connectivity index (χ4v) is 9.38. The molecule has 29 heavy (non-hydrogen) atoms. The molecule has 0 N–H and O–H groups in total. The number of fused-ring (bicyclic) bond motifs is 2. The Morgan fingerprint density at radius 1 is 0.862 bits per heavy atom. The number of benzene rings is 2.